The summed E-state index contributed by atoms with van der Waals surface area (Å²) in [5.74, 6) is -1.54. The normalized spacial score (nSPS) is 17.6. The van der Waals surface area contributed by atoms with Crippen LogP contribution in [0.5, 0.6) is 5.75 Å². The number of carboxylic acid groups (broad SMARTS) is 1. The SMILES string of the molecule is CCCOc1ccccc1CN1CCC2(CC1)CCN(C(=O)c1ccccc1)CC2.O=C(O)C(F)(F)F. The van der Waals surface area contributed by atoms with Crippen molar-refractivity contribution in [2.24, 2.45) is 5.41 Å². The van der Waals surface area contributed by atoms with Crippen LogP contribution in [0, 0.1) is 5.41 Å². The molecule has 202 valence electrons. The fourth-order valence-electron chi connectivity index (χ4n) is 4.86. The molecule has 9 heteroatoms. The van der Waals surface area contributed by atoms with Crippen molar-refractivity contribution in [2.45, 2.75) is 51.7 Å². The van der Waals surface area contributed by atoms with Gasteiger partial charge in [0.05, 0.1) is 6.61 Å². The van der Waals surface area contributed by atoms with Crippen LogP contribution in [-0.2, 0) is 11.3 Å². The molecule has 0 aromatic heterocycles. The van der Waals surface area contributed by atoms with Crippen molar-refractivity contribution in [1.29, 1.82) is 0 Å². The molecule has 2 heterocycles. The highest BCUT2D eigenvalue weighted by Crippen LogP contribution is 2.42. The zero-order chi connectivity index (χ0) is 26.9. The van der Waals surface area contributed by atoms with E-state index in [1.807, 2.05) is 35.2 Å². The molecule has 4 rings (SSSR count). The summed E-state index contributed by atoms with van der Waals surface area (Å²) >= 11 is 0. The lowest BCUT2D eigenvalue weighted by Crippen LogP contribution is -2.48. The van der Waals surface area contributed by atoms with Gasteiger partial charge in [-0.1, -0.05) is 43.3 Å². The number of ether oxygens (including phenoxy) is 1. The minimum Gasteiger partial charge on any atom is -0.493 e. The zero-order valence-corrected chi connectivity index (χ0v) is 21.2. The number of piperidine rings is 2. The van der Waals surface area contributed by atoms with E-state index in [0.29, 0.717) is 5.41 Å². The summed E-state index contributed by atoms with van der Waals surface area (Å²) < 4.78 is 37.7. The number of likely N-dealkylation sites (tertiary alicyclic amines) is 2. The number of rotatable bonds is 6. The van der Waals surface area contributed by atoms with Crippen LogP contribution < -0.4 is 4.74 Å². The van der Waals surface area contributed by atoms with Crippen molar-refractivity contribution in [3.8, 4) is 5.75 Å². The monoisotopic (exact) mass is 520 g/mol. The summed E-state index contributed by atoms with van der Waals surface area (Å²) in [5.41, 5.74) is 2.53. The molecule has 0 unspecified atom stereocenters. The number of hydrogen-bond acceptors (Lipinski definition) is 4. The molecule has 0 aliphatic carbocycles. The molecule has 2 aromatic rings. The van der Waals surface area contributed by atoms with Gasteiger partial charge in [0.2, 0.25) is 0 Å². The van der Waals surface area contributed by atoms with Crippen LogP contribution in [0.1, 0.15) is 54.9 Å². The van der Waals surface area contributed by atoms with Gasteiger partial charge in [-0.05, 0) is 68.8 Å². The van der Waals surface area contributed by atoms with Crippen LogP contribution in [0.4, 0.5) is 13.2 Å². The lowest BCUT2D eigenvalue weighted by Gasteiger charge is -2.47. The van der Waals surface area contributed by atoms with Gasteiger partial charge in [-0.15, -0.1) is 0 Å². The van der Waals surface area contributed by atoms with E-state index in [1.54, 1.807) is 0 Å². The number of carboxylic acids is 1. The Morgan fingerprint density at radius 2 is 1.46 bits per heavy atom. The van der Waals surface area contributed by atoms with E-state index in [0.717, 1.165) is 69.9 Å². The predicted octanol–water partition coefficient (Wildman–Crippen LogP) is 5.63. The number of carbonyl (C=O) groups is 2. The Balaban J connectivity index is 0.000000479. The number of hydrogen-bond donors (Lipinski definition) is 1. The largest absolute Gasteiger partial charge is 0.493 e. The number of nitrogens with zero attached hydrogens (tertiary/aromatic N) is 2. The van der Waals surface area contributed by atoms with E-state index in [2.05, 4.69) is 36.1 Å². The van der Waals surface area contributed by atoms with Gasteiger partial charge in [0, 0.05) is 30.8 Å². The van der Waals surface area contributed by atoms with Crippen LogP contribution in [0.15, 0.2) is 54.6 Å². The second-order valence-electron chi connectivity index (χ2n) is 9.69. The lowest BCUT2D eigenvalue weighted by atomic mass is 9.71. The third kappa shape index (κ3) is 8.21. The number of alkyl halides is 3. The van der Waals surface area contributed by atoms with Crippen molar-refractivity contribution in [3.63, 3.8) is 0 Å². The van der Waals surface area contributed by atoms with Crippen molar-refractivity contribution in [1.82, 2.24) is 9.80 Å². The van der Waals surface area contributed by atoms with E-state index in [1.165, 1.54) is 18.4 Å². The molecule has 2 aliphatic heterocycles. The fraction of sp³-hybridized carbons (Fsp3) is 0.500. The van der Waals surface area contributed by atoms with Gasteiger partial charge < -0.3 is 14.7 Å². The minimum atomic E-state index is -5.08. The summed E-state index contributed by atoms with van der Waals surface area (Å²) in [7, 11) is 0. The van der Waals surface area contributed by atoms with Gasteiger partial charge in [-0.25, -0.2) is 4.79 Å². The van der Waals surface area contributed by atoms with Crippen molar-refractivity contribution < 1.29 is 32.6 Å². The molecule has 1 spiro atoms. The molecule has 0 saturated carbocycles. The molecule has 1 N–H and O–H groups in total. The Morgan fingerprint density at radius 1 is 0.919 bits per heavy atom. The van der Waals surface area contributed by atoms with E-state index in [-0.39, 0.29) is 5.91 Å². The lowest BCUT2D eigenvalue weighted by molar-refractivity contribution is -0.192. The number of aliphatic carboxylic acids is 1. The Kier molecular flexibility index (Phi) is 9.97. The van der Waals surface area contributed by atoms with Crippen molar-refractivity contribution in [2.75, 3.05) is 32.8 Å². The summed E-state index contributed by atoms with van der Waals surface area (Å²) in [6, 6.07) is 18.2. The average Bonchev–Trinajstić information content (AvgIpc) is 2.90. The molecule has 37 heavy (non-hydrogen) atoms. The van der Waals surface area contributed by atoms with Crippen molar-refractivity contribution >= 4 is 11.9 Å². The summed E-state index contributed by atoms with van der Waals surface area (Å²) in [5, 5.41) is 7.12. The third-order valence-electron chi connectivity index (χ3n) is 7.12. The maximum Gasteiger partial charge on any atom is 0.490 e. The number of carbonyl (C=O) groups excluding carboxylic acids is 1. The molecule has 2 aliphatic rings. The summed E-state index contributed by atoms with van der Waals surface area (Å²) in [4.78, 5) is 26.3. The van der Waals surface area contributed by atoms with Crippen LogP contribution in [0.25, 0.3) is 0 Å². The molecule has 2 aromatic carbocycles. The standard InChI is InChI=1S/C26H34N2O2.C2HF3O2/c1-2-20-30-24-11-7-6-10-23(24)21-27-16-12-26(13-17-27)14-18-28(19-15-26)25(29)22-8-4-3-5-9-22;3-2(4,5)1(6)7/h3-11H,2,12-21H2,1H3;(H,6,7). The number of para-hydroxylation sites is 1. The maximum absolute atomic E-state index is 12.7. The fourth-order valence-corrected chi connectivity index (χ4v) is 4.86. The molecular weight excluding hydrogens is 485 g/mol. The molecular formula is C28H35F3N2O4. The first-order chi connectivity index (χ1) is 17.6. The second kappa shape index (κ2) is 12.9. The maximum atomic E-state index is 12.7. The van der Waals surface area contributed by atoms with Gasteiger partial charge in [0.25, 0.3) is 5.91 Å². The van der Waals surface area contributed by atoms with Crippen LogP contribution >= 0.6 is 0 Å². The van der Waals surface area contributed by atoms with Crippen LogP contribution in [0.3, 0.4) is 0 Å². The number of halogens is 3. The molecule has 0 radical (unpaired) electrons. The predicted molar refractivity (Wildman–Crippen MR) is 134 cm³/mol. The Hall–Kier alpha value is -3.07. The van der Waals surface area contributed by atoms with E-state index in [9.17, 15) is 18.0 Å². The third-order valence-corrected chi connectivity index (χ3v) is 7.12. The molecule has 0 atom stereocenters. The highest BCUT2D eigenvalue weighted by molar-refractivity contribution is 5.94. The Morgan fingerprint density at radius 3 is 2.03 bits per heavy atom. The van der Waals surface area contributed by atoms with Crippen molar-refractivity contribution in [3.05, 3.63) is 65.7 Å². The number of amides is 1. The first kappa shape index (κ1) is 28.5. The quantitative estimate of drug-likeness (QED) is 0.535. The Bertz CT molecular complexity index is 1010. The molecule has 2 fully saturated rings. The minimum absolute atomic E-state index is 0.187. The molecule has 2 saturated heterocycles. The van der Waals surface area contributed by atoms with E-state index in [4.69, 9.17) is 14.6 Å². The number of benzene rings is 2. The van der Waals surface area contributed by atoms with Gasteiger partial charge in [0.1, 0.15) is 5.75 Å². The zero-order valence-electron chi connectivity index (χ0n) is 21.2. The van der Waals surface area contributed by atoms with Gasteiger partial charge >= 0.3 is 12.1 Å². The molecule has 6 nitrogen and oxygen atoms in total. The molecule has 1 amide bonds. The van der Waals surface area contributed by atoms with E-state index < -0.39 is 12.1 Å². The second-order valence-corrected chi connectivity index (χ2v) is 9.69. The first-order valence-electron chi connectivity index (χ1n) is 12.7. The van der Waals surface area contributed by atoms with Gasteiger partial charge in [-0.2, -0.15) is 13.2 Å². The van der Waals surface area contributed by atoms with Crippen LogP contribution in [-0.4, -0.2) is 65.7 Å². The van der Waals surface area contributed by atoms with Gasteiger partial charge in [-0.3, -0.25) is 9.69 Å². The van der Waals surface area contributed by atoms with E-state index >= 15 is 0 Å². The van der Waals surface area contributed by atoms with Gasteiger partial charge in [0.15, 0.2) is 0 Å². The molecule has 0 bridgehead atoms. The first-order valence-corrected chi connectivity index (χ1v) is 12.7. The highest BCUT2D eigenvalue weighted by atomic mass is 19.4. The average molecular weight is 521 g/mol. The van der Waals surface area contributed by atoms with Crippen LogP contribution in [0.2, 0.25) is 0 Å². The Labute approximate surface area is 216 Å². The topological polar surface area (TPSA) is 70.1 Å². The highest BCUT2D eigenvalue weighted by Gasteiger charge is 2.39. The smallest absolute Gasteiger partial charge is 0.490 e. The summed E-state index contributed by atoms with van der Waals surface area (Å²) in [6.45, 7) is 7.94. The summed E-state index contributed by atoms with van der Waals surface area (Å²) in [6.07, 6.45) is 0.687.